The molecule has 0 saturated carbocycles. The third-order valence-corrected chi connectivity index (χ3v) is 18.2. The minimum Gasteiger partial charge on any atom is -0.363 e. The summed E-state index contributed by atoms with van der Waals surface area (Å²) < 4.78 is 108. The minimum atomic E-state index is -1.00. The molecule has 104 heavy (non-hydrogen) atoms. The summed E-state index contributed by atoms with van der Waals surface area (Å²) in [7, 11) is 0. The van der Waals surface area contributed by atoms with Crippen LogP contribution >= 0.6 is 69.6 Å². The molecule has 4 aromatic carbocycles. The Morgan fingerprint density at radius 2 is 0.615 bits per heavy atom. The van der Waals surface area contributed by atoms with Crippen LogP contribution < -0.4 is 19.6 Å². The zero-order valence-corrected chi connectivity index (χ0v) is 68.8. The van der Waals surface area contributed by atoms with Crippen molar-refractivity contribution in [3.05, 3.63) is 217 Å². The monoisotopic (exact) mass is 1630 g/mol. The molecule has 8 rings (SSSR count). The molecule has 0 N–H and O–H groups in total. The van der Waals surface area contributed by atoms with Crippen LogP contribution in [-0.4, -0.2) is 85.1 Å². The van der Waals surface area contributed by atoms with Crippen LogP contribution in [0.4, 0.5) is 57.9 Å². The zero-order chi connectivity index (χ0) is 77.2. The fourth-order valence-corrected chi connectivity index (χ4v) is 9.60. The van der Waals surface area contributed by atoms with Gasteiger partial charge in [0.15, 0.2) is 0 Å². The molecule has 4 aliphatic carbocycles. The van der Waals surface area contributed by atoms with Crippen molar-refractivity contribution in [2.24, 2.45) is 33.5 Å². The molecule has 0 unspecified atom stereocenters. The number of rotatable bonds is 24. The van der Waals surface area contributed by atoms with Gasteiger partial charge in [0, 0.05) is 108 Å². The molecule has 564 valence electrons. The quantitative estimate of drug-likeness (QED) is 0.0303. The molecule has 0 aromatic heterocycles. The molecule has 4 aromatic rings. The van der Waals surface area contributed by atoms with Crippen molar-refractivity contribution < 1.29 is 97.7 Å². The molecule has 0 spiro atoms. The van der Waals surface area contributed by atoms with Crippen LogP contribution in [0.5, 0.6) is 0 Å². The third-order valence-electron chi connectivity index (χ3n) is 14.5. The van der Waals surface area contributed by atoms with E-state index in [0.717, 1.165) is 62.8 Å². The Labute approximate surface area is 673 Å². The van der Waals surface area contributed by atoms with E-state index in [-0.39, 0.29) is 137 Å². The Hall–Kier alpha value is -4.71. The first-order chi connectivity index (χ1) is 48.2. The van der Waals surface area contributed by atoms with Crippen molar-refractivity contribution in [3.63, 3.8) is 0 Å². The van der Waals surface area contributed by atoms with Gasteiger partial charge in [0.25, 0.3) is 0 Å². The molecule has 0 atom stereocenters. The van der Waals surface area contributed by atoms with Gasteiger partial charge in [0.2, 0.25) is 23.6 Å². The van der Waals surface area contributed by atoms with Gasteiger partial charge in [0.1, 0.15) is 0 Å². The van der Waals surface area contributed by atoms with E-state index in [1.54, 1.807) is 41.5 Å². The van der Waals surface area contributed by atoms with E-state index < -0.39 is 68.2 Å². The number of nitrogens with zero attached hydrogens (tertiary/aromatic N) is 4. The van der Waals surface area contributed by atoms with Crippen LogP contribution in [0.25, 0.3) is 0 Å². The van der Waals surface area contributed by atoms with Crippen LogP contribution in [-0.2, 0) is 62.6 Å². The van der Waals surface area contributed by atoms with Crippen molar-refractivity contribution in [2.75, 3.05) is 81.1 Å². The fourth-order valence-electron chi connectivity index (χ4n) is 8.34. The summed E-state index contributed by atoms with van der Waals surface area (Å²) in [4.78, 5) is 55.6. The third kappa shape index (κ3) is 36.5. The van der Waals surface area contributed by atoms with Crippen LogP contribution in [0.3, 0.4) is 0 Å². The van der Waals surface area contributed by atoms with E-state index in [9.17, 15) is 54.3 Å². The first-order valence-electron chi connectivity index (χ1n) is 33.2. The van der Waals surface area contributed by atoms with Crippen LogP contribution in [0, 0.1) is 129 Å². The molecule has 4 amide bonds. The van der Waals surface area contributed by atoms with Gasteiger partial charge in [-0.3, -0.25) is 43.5 Å². The molecular weight excluding hydrogens is 1540 g/mol. The van der Waals surface area contributed by atoms with Gasteiger partial charge in [0.05, 0.1) is 21.7 Å². The summed E-state index contributed by atoms with van der Waals surface area (Å²) in [5.74, 6) is -7.49. The number of halogens is 14. The summed E-state index contributed by atoms with van der Waals surface area (Å²) >= 11 is 35.0. The van der Waals surface area contributed by atoms with Crippen molar-refractivity contribution in [1.29, 1.82) is 0 Å². The molecule has 24 heteroatoms. The Bertz CT molecular complexity index is 3160. The standard InChI is InChI=1S/2C15H18Cl2F2NO.2C15H19ClF2NO.4C5H5.2Ti/c2*1-3-4-7-20(14(21)15(2,9-16)10-17)13-6-5-11(18)8-12(13)19;2*1-10(2)8-19(14(20)15(3,4)9-16)13-6-5-11(17)7-12(13)18;4*1-2-4-5-3-1;;/h2*5-6H,3-4,7,9-10H2,1-2H3;2*5-6,10H,8-9H2,1-4H3;4*1-3H,4H2;;/q8*-1;2*+4. The number of allylic oxidation sites excluding steroid dienone is 16. The van der Waals surface area contributed by atoms with Crippen LogP contribution in [0.2, 0.25) is 0 Å². The largest absolute Gasteiger partial charge is 4.00 e. The van der Waals surface area contributed by atoms with Crippen LogP contribution in [0.1, 0.15) is 134 Å². The summed E-state index contributed by atoms with van der Waals surface area (Å²) in [6.45, 7) is 22.9. The number of benzene rings is 4. The predicted octanol–water partition coefficient (Wildman–Crippen LogP) is 22.0. The van der Waals surface area contributed by atoms with Crippen molar-refractivity contribution in [2.45, 2.75) is 134 Å². The number of hydrogen-bond donors (Lipinski definition) is 0. The summed E-state index contributed by atoms with van der Waals surface area (Å²) in [5.41, 5.74) is -3.59. The average molecular weight is 1640 g/mol. The number of anilines is 4. The van der Waals surface area contributed by atoms with E-state index >= 15 is 0 Å². The number of carbonyl (C=O) groups is 4. The molecule has 0 radical (unpaired) electrons. The summed E-state index contributed by atoms with van der Waals surface area (Å²) in [5, 5.41) is 0. The number of amides is 4. The van der Waals surface area contributed by atoms with E-state index in [0.29, 0.717) is 39.0 Å². The van der Waals surface area contributed by atoms with Crippen molar-refractivity contribution in [3.8, 4) is 0 Å². The van der Waals surface area contributed by atoms with E-state index in [1.165, 1.54) is 43.9 Å². The number of hydrogen-bond acceptors (Lipinski definition) is 4. The SMILES string of the molecule is CC(C)CN(C(=O)C(C)(C)CCl)c1ccc(F)[c-]c1F.CC(C)CN(C(=O)C(C)(C)CCl)c1ccc(F)[c-]c1F.CCCCN(C(=O)C(C)(CCl)CCl)c1ccc(F)[c-]c1F.CCCCN(C(=O)C(C)(CCl)CCl)c1ccc(F)[c-]c1F.[C-]1=CC=CC1.[C-]1=CC=CC1.[C-]1=CC=CC1.[C-]1=CC=CC1.[Ti+4].[Ti+4]. The molecule has 0 fully saturated rings. The van der Waals surface area contributed by atoms with Gasteiger partial charge >= 0.3 is 43.4 Å². The molecule has 0 saturated heterocycles. The zero-order valence-electron chi connectivity index (χ0n) is 61.1. The Morgan fingerprint density at radius 1 is 0.385 bits per heavy atom. The maximum absolute atomic E-state index is 13.9. The predicted molar refractivity (Wildman–Crippen MR) is 404 cm³/mol. The smallest absolute Gasteiger partial charge is 0.363 e. The first kappa shape index (κ1) is 101. The summed E-state index contributed by atoms with van der Waals surface area (Å²) in [6, 6.07) is 17.1. The maximum atomic E-state index is 13.9. The Morgan fingerprint density at radius 3 is 0.769 bits per heavy atom. The summed E-state index contributed by atoms with van der Waals surface area (Å²) in [6.07, 6.45) is 43.0. The van der Waals surface area contributed by atoms with Gasteiger partial charge < -0.3 is 19.6 Å². The Balaban J connectivity index is 0. The van der Waals surface area contributed by atoms with E-state index in [4.69, 9.17) is 69.6 Å². The normalized spacial score (nSPS) is 12.6. The molecule has 0 bridgehead atoms. The first-order valence-corrected chi connectivity index (χ1v) is 36.4. The second-order valence-corrected chi connectivity index (χ2v) is 27.6. The van der Waals surface area contributed by atoms with Crippen molar-refractivity contribution in [1.82, 2.24) is 0 Å². The topological polar surface area (TPSA) is 81.2 Å². The molecular formula is C80H94Cl6F8N4O4Ti2. The average Bonchev–Trinajstić information content (AvgIpc) is 1.82. The van der Waals surface area contributed by atoms with Gasteiger partial charge in [-0.15, -0.1) is 168 Å². The minimum absolute atomic E-state index is 0. The van der Waals surface area contributed by atoms with E-state index in [2.05, 4.69) is 48.6 Å². The van der Waals surface area contributed by atoms with Gasteiger partial charge in [-0.2, -0.15) is 24.3 Å². The van der Waals surface area contributed by atoms with Gasteiger partial charge in [-0.1, -0.05) is 54.4 Å². The van der Waals surface area contributed by atoms with Crippen molar-refractivity contribution >= 4 is 116 Å². The number of carbonyl (C=O) groups excluding carboxylic acids is 4. The molecule has 0 heterocycles. The van der Waals surface area contributed by atoms with Gasteiger partial charge in [-0.05, 0) is 89.0 Å². The second kappa shape index (κ2) is 54.0. The van der Waals surface area contributed by atoms with Gasteiger partial charge in [-0.25, -0.2) is 83.7 Å². The molecule has 8 nitrogen and oxygen atoms in total. The van der Waals surface area contributed by atoms with E-state index in [1.807, 2.05) is 114 Å². The molecule has 4 aliphatic rings. The van der Waals surface area contributed by atoms with Crippen LogP contribution in [0.15, 0.2) is 121 Å². The Kier molecular flexibility index (Phi) is 52.6. The number of alkyl halides is 6. The maximum Gasteiger partial charge on any atom is 4.00 e. The second-order valence-electron chi connectivity index (χ2n) is 26.0. The number of unbranched alkanes of at least 4 members (excludes halogenated alkanes) is 2. The molecule has 0 aliphatic heterocycles. The fraction of sp³-hybridized carbons (Fsp3) is 0.450.